The maximum Gasteiger partial charge on any atom is 0.0700 e. The van der Waals surface area contributed by atoms with E-state index in [-0.39, 0.29) is 17.4 Å². The molecule has 0 radical (unpaired) electrons. The van der Waals surface area contributed by atoms with Crippen LogP contribution in [0.2, 0.25) is 0 Å². The molecule has 0 bridgehead atoms. The Morgan fingerprint density at radius 2 is 1.62 bits per heavy atom. The van der Waals surface area contributed by atoms with Gasteiger partial charge in [-0.15, -0.1) is 0 Å². The molecule has 0 aliphatic rings. The molecule has 0 aromatic heterocycles. The third-order valence-electron chi connectivity index (χ3n) is 2.63. The van der Waals surface area contributed by atoms with Crippen LogP contribution in [0.4, 0.5) is 0 Å². The zero-order valence-electron chi connectivity index (χ0n) is 11.5. The van der Waals surface area contributed by atoms with Gasteiger partial charge in [-0.05, 0) is 12.3 Å². The molecule has 0 spiro atoms. The van der Waals surface area contributed by atoms with Crippen molar-refractivity contribution in [2.75, 3.05) is 26.4 Å². The molecule has 0 rings (SSSR count). The normalized spacial score (nSPS) is 14.4. The summed E-state index contributed by atoms with van der Waals surface area (Å²) in [5.74, 6) is 0.259. The molecule has 0 aromatic rings. The topological polar surface area (TPSA) is 38.7 Å². The van der Waals surface area contributed by atoms with E-state index in [0.29, 0.717) is 19.8 Å². The van der Waals surface area contributed by atoms with Crippen LogP contribution in [0.25, 0.3) is 0 Å². The highest BCUT2D eigenvalue weighted by molar-refractivity contribution is 4.79. The minimum atomic E-state index is -0.330. The first-order valence-corrected chi connectivity index (χ1v) is 6.25. The van der Waals surface area contributed by atoms with Crippen molar-refractivity contribution in [3.63, 3.8) is 0 Å². The number of aliphatic hydroxyl groups is 1. The van der Waals surface area contributed by atoms with Gasteiger partial charge in [-0.3, -0.25) is 0 Å². The van der Waals surface area contributed by atoms with Gasteiger partial charge in [0.25, 0.3) is 0 Å². The lowest BCUT2D eigenvalue weighted by molar-refractivity contribution is -0.0547. The number of hydrogen-bond donors (Lipinski definition) is 1. The van der Waals surface area contributed by atoms with Crippen molar-refractivity contribution in [3.05, 3.63) is 0 Å². The lowest BCUT2D eigenvalue weighted by Crippen LogP contribution is -2.37. The van der Waals surface area contributed by atoms with E-state index in [0.717, 1.165) is 13.0 Å². The predicted octanol–water partition coefficient (Wildman–Crippen LogP) is 2.47. The summed E-state index contributed by atoms with van der Waals surface area (Å²) in [5, 5.41) is 9.98. The molecule has 98 valence electrons. The van der Waals surface area contributed by atoms with Gasteiger partial charge >= 0.3 is 0 Å². The van der Waals surface area contributed by atoms with Crippen molar-refractivity contribution in [2.24, 2.45) is 11.3 Å². The van der Waals surface area contributed by atoms with Crippen LogP contribution in [0.15, 0.2) is 0 Å². The summed E-state index contributed by atoms with van der Waals surface area (Å²) in [4.78, 5) is 0. The van der Waals surface area contributed by atoms with Gasteiger partial charge in [-0.2, -0.15) is 0 Å². The van der Waals surface area contributed by atoms with E-state index in [2.05, 4.69) is 6.92 Å². The van der Waals surface area contributed by atoms with Gasteiger partial charge in [0.1, 0.15) is 0 Å². The Labute approximate surface area is 100 Å². The molecule has 0 aliphatic carbocycles. The number of hydrogen-bond acceptors (Lipinski definition) is 3. The Bertz CT molecular complexity index is 167. The van der Waals surface area contributed by atoms with Crippen molar-refractivity contribution >= 4 is 0 Å². The van der Waals surface area contributed by atoms with Gasteiger partial charge in [-0.1, -0.05) is 34.6 Å². The van der Waals surface area contributed by atoms with Crippen LogP contribution in [0.5, 0.6) is 0 Å². The van der Waals surface area contributed by atoms with Gasteiger partial charge < -0.3 is 14.6 Å². The van der Waals surface area contributed by atoms with Crippen LogP contribution in [0.3, 0.4) is 0 Å². The maximum absolute atomic E-state index is 9.98. The van der Waals surface area contributed by atoms with Gasteiger partial charge in [-0.25, -0.2) is 0 Å². The summed E-state index contributed by atoms with van der Waals surface area (Å²) in [6, 6.07) is 0. The Morgan fingerprint density at radius 3 is 2.12 bits per heavy atom. The van der Waals surface area contributed by atoms with Gasteiger partial charge in [0.05, 0.1) is 25.9 Å². The van der Waals surface area contributed by atoms with Crippen LogP contribution in [0, 0.1) is 11.3 Å². The molecule has 3 nitrogen and oxygen atoms in total. The highest BCUT2D eigenvalue weighted by Gasteiger charge is 2.30. The first-order valence-electron chi connectivity index (χ1n) is 6.25. The second kappa shape index (κ2) is 8.04. The second-order valence-corrected chi connectivity index (χ2v) is 5.34. The molecular formula is C13H28O3. The van der Waals surface area contributed by atoms with Crippen LogP contribution in [-0.2, 0) is 9.47 Å². The molecular weight excluding hydrogens is 204 g/mol. The van der Waals surface area contributed by atoms with Crippen LogP contribution >= 0.6 is 0 Å². The van der Waals surface area contributed by atoms with E-state index in [1.807, 2.05) is 27.7 Å². The summed E-state index contributed by atoms with van der Waals surface area (Å²) in [7, 11) is 0. The first kappa shape index (κ1) is 15.9. The fraction of sp³-hybridized carbons (Fsp3) is 1.00. The number of ether oxygens (including phenoxy) is 2. The monoisotopic (exact) mass is 232 g/mol. The molecule has 0 saturated carbocycles. The Morgan fingerprint density at radius 1 is 1.06 bits per heavy atom. The van der Waals surface area contributed by atoms with E-state index in [4.69, 9.17) is 9.47 Å². The minimum Gasteiger partial charge on any atom is -0.392 e. The average Bonchev–Trinajstić information content (AvgIpc) is 2.22. The summed E-state index contributed by atoms with van der Waals surface area (Å²) in [6.07, 6.45) is 0.710. The highest BCUT2D eigenvalue weighted by Crippen LogP contribution is 2.26. The molecule has 0 heterocycles. The Hall–Kier alpha value is -0.120. The SMILES string of the molecule is CCCOCCOCC(C)(C)C(O)C(C)C. The Kier molecular flexibility index (Phi) is 7.98. The summed E-state index contributed by atoms with van der Waals surface area (Å²) in [6.45, 7) is 12.8. The second-order valence-electron chi connectivity index (χ2n) is 5.34. The molecule has 0 fully saturated rings. The largest absolute Gasteiger partial charge is 0.392 e. The molecule has 1 N–H and O–H groups in total. The molecule has 16 heavy (non-hydrogen) atoms. The average molecular weight is 232 g/mol. The van der Waals surface area contributed by atoms with E-state index < -0.39 is 0 Å². The molecule has 1 atom stereocenters. The van der Waals surface area contributed by atoms with Crippen LogP contribution in [0.1, 0.15) is 41.0 Å². The minimum absolute atomic E-state index is 0.196. The quantitative estimate of drug-likeness (QED) is 0.621. The van der Waals surface area contributed by atoms with Gasteiger partial charge in [0.2, 0.25) is 0 Å². The first-order chi connectivity index (χ1) is 7.41. The molecule has 3 heteroatoms. The van der Waals surface area contributed by atoms with E-state index in [1.54, 1.807) is 0 Å². The molecule has 0 aromatic carbocycles. The third kappa shape index (κ3) is 6.46. The number of aliphatic hydroxyl groups excluding tert-OH is 1. The van der Waals surface area contributed by atoms with Crippen molar-refractivity contribution in [2.45, 2.75) is 47.1 Å². The Balaban J connectivity index is 3.66. The molecule has 1 unspecified atom stereocenters. The van der Waals surface area contributed by atoms with Crippen molar-refractivity contribution in [3.8, 4) is 0 Å². The summed E-state index contributed by atoms with van der Waals surface area (Å²) in [5.41, 5.74) is -0.196. The van der Waals surface area contributed by atoms with Crippen molar-refractivity contribution in [1.82, 2.24) is 0 Å². The molecule has 0 aliphatic heterocycles. The van der Waals surface area contributed by atoms with E-state index in [1.165, 1.54) is 0 Å². The fourth-order valence-electron chi connectivity index (χ4n) is 1.69. The predicted molar refractivity (Wildman–Crippen MR) is 66.6 cm³/mol. The summed E-state index contributed by atoms with van der Waals surface area (Å²) < 4.78 is 10.8. The standard InChI is InChI=1S/C13H28O3/c1-6-7-15-8-9-16-10-13(4,5)12(14)11(2)3/h11-12,14H,6-10H2,1-5H3. The van der Waals surface area contributed by atoms with Gasteiger partial charge in [0, 0.05) is 12.0 Å². The van der Waals surface area contributed by atoms with E-state index >= 15 is 0 Å². The van der Waals surface area contributed by atoms with E-state index in [9.17, 15) is 5.11 Å². The lowest BCUT2D eigenvalue weighted by Gasteiger charge is -2.32. The molecule has 0 amide bonds. The van der Waals surface area contributed by atoms with Crippen molar-refractivity contribution < 1.29 is 14.6 Å². The van der Waals surface area contributed by atoms with Crippen LogP contribution < -0.4 is 0 Å². The highest BCUT2D eigenvalue weighted by atomic mass is 16.5. The summed E-state index contributed by atoms with van der Waals surface area (Å²) >= 11 is 0. The third-order valence-corrected chi connectivity index (χ3v) is 2.63. The van der Waals surface area contributed by atoms with Gasteiger partial charge in [0.15, 0.2) is 0 Å². The lowest BCUT2D eigenvalue weighted by atomic mass is 9.81. The maximum atomic E-state index is 9.98. The zero-order chi connectivity index (χ0) is 12.6. The number of rotatable bonds is 9. The van der Waals surface area contributed by atoms with Crippen molar-refractivity contribution in [1.29, 1.82) is 0 Å². The fourth-order valence-corrected chi connectivity index (χ4v) is 1.69. The van der Waals surface area contributed by atoms with Crippen LogP contribution in [-0.4, -0.2) is 37.6 Å². The zero-order valence-corrected chi connectivity index (χ0v) is 11.5. The molecule has 0 saturated heterocycles. The smallest absolute Gasteiger partial charge is 0.0700 e.